The lowest BCUT2D eigenvalue weighted by atomic mass is 10.1. The third-order valence-corrected chi connectivity index (χ3v) is 5.01. The van der Waals surface area contributed by atoms with E-state index in [1.807, 2.05) is 23.1 Å². The smallest absolute Gasteiger partial charge is 0.243 e. The number of carbonyl (C=O) groups is 1. The molecule has 2 heterocycles. The van der Waals surface area contributed by atoms with E-state index in [0.717, 1.165) is 23.2 Å². The maximum absolute atomic E-state index is 12.0. The summed E-state index contributed by atoms with van der Waals surface area (Å²) in [5, 5.41) is 13.8. The van der Waals surface area contributed by atoms with Crippen molar-refractivity contribution in [3.63, 3.8) is 0 Å². The Morgan fingerprint density at radius 2 is 2.07 bits per heavy atom. The molecular weight excluding hydrogens is 354 g/mol. The van der Waals surface area contributed by atoms with Crippen LogP contribution in [0, 0.1) is 5.92 Å². The fourth-order valence-corrected chi connectivity index (χ4v) is 3.51. The van der Waals surface area contributed by atoms with Crippen LogP contribution in [0.1, 0.15) is 6.42 Å². The van der Waals surface area contributed by atoms with E-state index in [4.69, 9.17) is 4.74 Å². The van der Waals surface area contributed by atoms with Crippen molar-refractivity contribution >= 4 is 22.6 Å². The number of anilines is 1. The molecule has 0 saturated carbocycles. The molecule has 144 valence electrons. The van der Waals surface area contributed by atoms with Gasteiger partial charge in [-0.15, -0.1) is 5.10 Å². The quantitative estimate of drug-likeness (QED) is 0.682. The maximum Gasteiger partial charge on any atom is 0.243 e. The monoisotopic (exact) mass is 377 g/mol. The minimum atomic E-state index is 0.174. The SMILES string of the molecule is COCCN1CC(CNc2nncc(-c3ccc4ccccc4c3)n2)CC1=O. The largest absolute Gasteiger partial charge is 0.383 e. The first-order chi connectivity index (χ1) is 13.7. The van der Waals surface area contributed by atoms with E-state index in [2.05, 4.69) is 44.8 Å². The molecule has 1 amide bonds. The Hall–Kier alpha value is -3.06. The van der Waals surface area contributed by atoms with Gasteiger partial charge >= 0.3 is 0 Å². The standard InChI is InChI=1S/C21H23N5O2/c1-28-9-8-26-14-15(10-20(26)27)12-22-21-24-19(13-23-25-21)18-7-6-16-4-2-3-5-17(16)11-18/h2-7,11,13,15H,8-10,12,14H2,1H3,(H,22,24,25). The van der Waals surface area contributed by atoms with Gasteiger partial charge in [-0.2, -0.15) is 5.10 Å². The number of aromatic nitrogens is 3. The van der Waals surface area contributed by atoms with Crippen LogP contribution in [-0.2, 0) is 9.53 Å². The lowest BCUT2D eigenvalue weighted by Gasteiger charge is -2.16. The van der Waals surface area contributed by atoms with Gasteiger partial charge in [-0.05, 0) is 16.8 Å². The van der Waals surface area contributed by atoms with Gasteiger partial charge in [0.25, 0.3) is 0 Å². The van der Waals surface area contributed by atoms with Crippen LogP contribution in [-0.4, -0.2) is 59.3 Å². The Labute approximate surface area is 163 Å². The number of carbonyl (C=O) groups excluding carboxylic acids is 1. The highest BCUT2D eigenvalue weighted by Gasteiger charge is 2.29. The van der Waals surface area contributed by atoms with Crippen molar-refractivity contribution in [2.45, 2.75) is 6.42 Å². The fourth-order valence-electron chi connectivity index (χ4n) is 3.51. The van der Waals surface area contributed by atoms with E-state index >= 15 is 0 Å². The molecular formula is C21H23N5O2. The van der Waals surface area contributed by atoms with Crippen molar-refractivity contribution in [2.75, 3.05) is 38.7 Å². The Kier molecular flexibility index (Phi) is 5.43. The number of fused-ring (bicyclic) bond motifs is 1. The summed E-state index contributed by atoms with van der Waals surface area (Å²) in [5.74, 6) is 0.888. The van der Waals surface area contributed by atoms with Gasteiger partial charge in [0.2, 0.25) is 11.9 Å². The number of amides is 1. The van der Waals surface area contributed by atoms with Crippen molar-refractivity contribution in [1.29, 1.82) is 0 Å². The van der Waals surface area contributed by atoms with Crippen LogP contribution in [0.5, 0.6) is 0 Å². The molecule has 0 bridgehead atoms. The number of hydrogen-bond acceptors (Lipinski definition) is 6. The number of nitrogens with one attached hydrogen (secondary N) is 1. The molecule has 1 unspecified atom stereocenters. The van der Waals surface area contributed by atoms with Crippen molar-refractivity contribution in [1.82, 2.24) is 20.1 Å². The Bertz CT molecular complexity index is 978. The molecule has 3 aromatic rings. The number of likely N-dealkylation sites (tertiary alicyclic amines) is 1. The molecule has 1 aliphatic rings. The van der Waals surface area contributed by atoms with Crippen molar-refractivity contribution in [3.8, 4) is 11.3 Å². The molecule has 1 N–H and O–H groups in total. The Morgan fingerprint density at radius 1 is 1.21 bits per heavy atom. The molecule has 1 fully saturated rings. The number of benzene rings is 2. The van der Waals surface area contributed by atoms with Crippen molar-refractivity contribution in [3.05, 3.63) is 48.7 Å². The Morgan fingerprint density at radius 3 is 2.93 bits per heavy atom. The van der Waals surface area contributed by atoms with E-state index in [9.17, 15) is 4.79 Å². The first-order valence-corrected chi connectivity index (χ1v) is 9.42. The molecule has 0 spiro atoms. The predicted octanol–water partition coefficient (Wildman–Crippen LogP) is 2.60. The molecule has 28 heavy (non-hydrogen) atoms. The summed E-state index contributed by atoms with van der Waals surface area (Å²) in [6.07, 6.45) is 2.20. The second-order valence-corrected chi connectivity index (χ2v) is 7.01. The number of methoxy groups -OCH3 is 1. The summed E-state index contributed by atoms with van der Waals surface area (Å²) in [5.41, 5.74) is 1.77. The summed E-state index contributed by atoms with van der Waals surface area (Å²) in [6, 6.07) is 14.4. The van der Waals surface area contributed by atoms with E-state index in [1.165, 1.54) is 5.39 Å². The van der Waals surface area contributed by atoms with E-state index in [0.29, 0.717) is 32.1 Å². The molecule has 1 saturated heterocycles. The van der Waals surface area contributed by atoms with Gasteiger partial charge < -0.3 is 15.0 Å². The Balaban J connectivity index is 1.42. The summed E-state index contributed by atoms with van der Waals surface area (Å²) in [4.78, 5) is 18.5. The molecule has 7 nitrogen and oxygen atoms in total. The number of nitrogens with zero attached hydrogens (tertiary/aromatic N) is 4. The van der Waals surface area contributed by atoms with Crippen molar-refractivity contribution < 1.29 is 9.53 Å². The van der Waals surface area contributed by atoms with Crippen LogP contribution >= 0.6 is 0 Å². The molecule has 0 radical (unpaired) electrons. The zero-order valence-corrected chi connectivity index (χ0v) is 15.8. The number of rotatable bonds is 7. The fraction of sp³-hybridized carbons (Fsp3) is 0.333. The molecule has 1 aliphatic heterocycles. The normalized spacial score (nSPS) is 16.7. The van der Waals surface area contributed by atoms with Crippen LogP contribution < -0.4 is 5.32 Å². The van der Waals surface area contributed by atoms with Crippen LogP contribution in [0.3, 0.4) is 0 Å². The third kappa shape index (κ3) is 4.09. The second-order valence-electron chi connectivity index (χ2n) is 7.01. The average molecular weight is 377 g/mol. The van der Waals surface area contributed by atoms with Gasteiger partial charge in [0.05, 0.1) is 18.5 Å². The highest BCUT2D eigenvalue weighted by molar-refractivity contribution is 5.86. The van der Waals surface area contributed by atoms with Gasteiger partial charge in [0, 0.05) is 44.6 Å². The van der Waals surface area contributed by atoms with Gasteiger partial charge in [-0.1, -0.05) is 36.4 Å². The zero-order chi connectivity index (χ0) is 19.3. The molecule has 1 aromatic heterocycles. The predicted molar refractivity (Wildman–Crippen MR) is 108 cm³/mol. The molecule has 1 atom stereocenters. The average Bonchev–Trinajstić information content (AvgIpc) is 3.10. The highest BCUT2D eigenvalue weighted by atomic mass is 16.5. The summed E-state index contributed by atoms with van der Waals surface area (Å²) in [6.45, 7) is 2.57. The van der Waals surface area contributed by atoms with Crippen LogP contribution in [0.4, 0.5) is 5.95 Å². The van der Waals surface area contributed by atoms with Gasteiger partial charge in [-0.3, -0.25) is 4.79 Å². The number of ether oxygens (including phenoxy) is 1. The lowest BCUT2D eigenvalue weighted by Crippen LogP contribution is -2.29. The highest BCUT2D eigenvalue weighted by Crippen LogP contribution is 2.23. The van der Waals surface area contributed by atoms with E-state index in [1.54, 1.807) is 13.3 Å². The van der Waals surface area contributed by atoms with Gasteiger partial charge in [-0.25, -0.2) is 4.98 Å². The van der Waals surface area contributed by atoms with E-state index in [-0.39, 0.29) is 11.8 Å². The summed E-state index contributed by atoms with van der Waals surface area (Å²) >= 11 is 0. The summed E-state index contributed by atoms with van der Waals surface area (Å²) in [7, 11) is 1.65. The van der Waals surface area contributed by atoms with Crippen LogP contribution in [0.2, 0.25) is 0 Å². The lowest BCUT2D eigenvalue weighted by molar-refractivity contribution is -0.128. The van der Waals surface area contributed by atoms with Gasteiger partial charge in [0.15, 0.2) is 0 Å². The van der Waals surface area contributed by atoms with Crippen LogP contribution in [0.15, 0.2) is 48.7 Å². The molecule has 0 aliphatic carbocycles. The number of hydrogen-bond donors (Lipinski definition) is 1. The summed E-state index contributed by atoms with van der Waals surface area (Å²) < 4.78 is 5.06. The second kappa shape index (κ2) is 8.31. The molecule has 7 heteroatoms. The topological polar surface area (TPSA) is 80.2 Å². The molecule has 4 rings (SSSR count). The van der Waals surface area contributed by atoms with Crippen LogP contribution in [0.25, 0.3) is 22.0 Å². The van der Waals surface area contributed by atoms with E-state index < -0.39 is 0 Å². The minimum Gasteiger partial charge on any atom is -0.383 e. The maximum atomic E-state index is 12.0. The first-order valence-electron chi connectivity index (χ1n) is 9.42. The molecule has 2 aromatic carbocycles. The third-order valence-electron chi connectivity index (χ3n) is 5.01. The zero-order valence-electron chi connectivity index (χ0n) is 15.8. The van der Waals surface area contributed by atoms with Crippen molar-refractivity contribution in [2.24, 2.45) is 5.92 Å². The van der Waals surface area contributed by atoms with Gasteiger partial charge in [0.1, 0.15) is 0 Å². The minimum absolute atomic E-state index is 0.174. The first kappa shape index (κ1) is 18.3.